The average Bonchev–Trinajstić information content (AvgIpc) is 1.91. The normalized spacial score (nSPS) is 8.12. The van der Waals surface area contributed by atoms with E-state index in [1.54, 1.807) is 0 Å². The number of rotatable bonds is 2. The van der Waals surface area contributed by atoms with Crippen molar-refractivity contribution < 1.29 is 19.5 Å². The van der Waals surface area contributed by atoms with Gasteiger partial charge in [0.2, 0.25) is 0 Å². The summed E-state index contributed by atoms with van der Waals surface area (Å²) in [6.45, 7) is -0.729. The third-order valence-electron chi connectivity index (χ3n) is 0.421. The second-order valence-corrected chi connectivity index (χ2v) is 1.02. The highest BCUT2D eigenvalue weighted by molar-refractivity contribution is 5.95. The summed E-state index contributed by atoms with van der Waals surface area (Å²) in [5, 5.41) is 24.0. The van der Waals surface area contributed by atoms with Gasteiger partial charge in [-0.15, -0.1) is 0 Å². The molecule has 0 fully saturated rings. The quantitative estimate of drug-likeness (QED) is 0.304. The van der Waals surface area contributed by atoms with Crippen LogP contribution in [0.5, 0.6) is 0 Å². The SMILES string of the molecule is OCC(O)CO.[OH][AlH2]. The Kier molecular flexibility index (Phi) is 14.5. The molecule has 50 valence electrons. The first kappa shape index (κ1) is 11.2. The van der Waals surface area contributed by atoms with Crippen molar-refractivity contribution >= 4 is 16.6 Å². The zero-order chi connectivity index (χ0) is 6.99. The Bertz CT molecular complexity index is 30.5. The van der Waals surface area contributed by atoms with E-state index in [0.29, 0.717) is 16.6 Å². The Balaban J connectivity index is 0. The van der Waals surface area contributed by atoms with Gasteiger partial charge in [0.05, 0.1) is 13.2 Å². The maximum absolute atomic E-state index is 8.17. The van der Waals surface area contributed by atoms with Crippen LogP contribution in [0.1, 0.15) is 0 Å². The fourth-order valence-corrected chi connectivity index (χ4v) is 0.0577. The summed E-state index contributed by atoms with van der Waals surface area (Å²) >= 11 is 0.306. The highest BCUT2D eigenvalue weighted by atomic mass is 27.1. The van der Waals surface area contributed by atoms with Crippen LogP contribution in [0.4, 0.5) is 0 Å². The number of aliphatic hydroxyl groups excluding tert-OH is 3. The van der Waals surface area contributed by atoms with Crippen LogP contribution < -0.4 is 0 Å². The Labute approximate surface area is 56.2 Å². The minimum Gasteiger partial charge on any atom is -0.521 e. The molecular weight excluding hydrogens is 127 g/mol. The fourth-order valence-electron chi connectivity index (χ4n) is 0.0577. The van der Waals surface area contributed by atoms with Gasteiger partial charge in [0.15, 0.2) is 0 Å². The van der Waals surface area contributed by atoms with Gasteiger partial charge in [-0.2, -0.15) is 0 Å². The van der Waals surface area contributed by atoms with Crippen molar-refractivity contribution in [1.29, 1.82) is 0 Å². The molecule has 0 radical (unpaired) electrons. The van der Waals surface area contributed by atoms with Crippen molar-refractivity contribution in [3.8, 4) is 0 Å². The van der Waals surface area contributed by atoms with E-state index in [1.807, 2.05) is 0 Å². The lowest BCUT2D eigenvalue weighted by Crippen LogP contribution is -2.15. The van der Waals surface area contributed by atoms with Crippen LogP contribution in [-0.2, 0) is 0 Å². The summed E-state index contributed by atoms with van der Waals surface area (Å²) in [5.74, 6) is 0. The van der Waals surface area contributed by atoms with Crippen molar-refractivity contribution in [1.82, 2.24) is 0 Å². The van der Waals surface area contributed by atoms with Gasteiger partial charge in [-0.05, 0) is 0 Å². The lowest BCUT2D eigenvalue weighted by Gasteiger charge is -1.96. The molecule has 0 aliphatic heterocycles. The van der Waals surface area contributed by atoms with Crippen molar-refractivity contribution in [2.24, 2.45) is 0 Å². The predicted molar refractivity (Wildman–Crippen MR) is 30.9 cm³/mol. The minimum absolute atomic E-state index is 0.306. The number of hydrogen-bond acceptors (Lipinski definition) is 4. The van der Waals surface area contributed by atoms with Crippen LogP contribution in [-0.4, -0.2) is 55.4 Å². The minimum atomic E-state index is -0.954. The molecule has 0 amide bonds. The monoisotopic (exact) mass is 138 g/mol. The van der Waals surface area contributed by atoms with Gasteiger partial charge in [-0.1, -0.05) is 0 Å². The Hall–Kier alpha value is 0.372. The molecule has 0 aromatic rings. The van der Waals surface area contributed by atoms with Crippen molar-refractivity contribution in [3.05, 3.63) is 0 Å². The van der Waals surface area contributed by atoms with Crippen molar-refractivity contribution in [2.75, 3.05) is 13.2 Å². The smallest absolute Gasteiger partial charge is 0.407 e. The van der Waals surface area contributed by atoms with Crippen LogP contribution in [0.25, 0.3) is 0 Å². The first-order valence-electron chi connectivity index (χ1n) is 2.15. The molecule has 0 aromatic heterocycles. The molecule has 0 bridgehead atoms. The Morgan fingerprint density at radius 2 is 1.38 bits per heavy atom. The van der Waals surface area contributed by atoms with E-state index in [0.717, 1.165) is 0 Å². The van der Waals surface area contributed by atoms with Gasteiger partial charge >= 0.3 is 16.6 Å². The van der Waals surface area contributed by atoms with E-state index in [-0.39, 0.29) is 13.2 Å². The van der Waals surface area contributed by atoms with Crippen LogP contribution in [0, 0.1) is 0 Å². The first-order chi connectivity index (χ1) is 3.81. The summed E-state index contributed by atoms with van der Waals surface area (Å²) in [6.07, 6.45) is -0.954. The van der Waals surface area contributed by atoms with E-state index in [4.69, 9.17) is 19.5 Å². The topological polar surface area (TPSA) is 80.9 Å². The van der Waals surface area contributed by atoms with Crippen molar-refractivity contribution in [3.63, 3.8) is 0 Å². The van der Waals surface area contributed by atoms with Crippen LogP contribution in [0.15, 0.2) is 0 Å². The summed E-state index contributed by atoms with van der Waals surface area (Å²) in [7, 11) is 0. The largest absolute Gasteiger partial charge is 0.521 e. The van der Waals surface area contributed by atoms with E-state index in [2.05, 4.69) is 0 Å². The molecule has 0 saturated carbocycles. The van der Waals surface area contributed by atoms with E-state index in [1.165, 1.54) is 0 Å². The molecule has 0 aliphatic carbocycles. The zero-order valence-electron chi connectivity index (χ0n) is 4.78. The van der Waals surface area contributed by atoms with Gasteiger partial charge < -0.3 is 19.5 Å². The van der Waals surface area contributed by atoms with Gasteiger partial charge in [0.25, 0.3) is 0 Å². The predicted octanol–water partition coefficient (Wildman–Crippen LogP) is -3.14. The third kappa shape index (κ3) is 9.62. The highest BCUT2D eigenvalue weighted by Gasteiger charge is 1.93. The summed E-state index contributed by atoms with van der Waals surface area (Å²) in [6, 6.07) is 0. The van der Waals surface area contributed by atoms with Gasteiger partial charge in [-0.25, -0.2) is 0 Å². The molecule has 0 rings (SSSR count). The molecule has 8 heavy (non-hydrogen) atoms. The van der Waals surface area contributed by atoms with Gasteiger partial charge in [0.1, 0.15) is 6.10 Å². The lowest BCUT2D eigenvalue weighted by molar-refractivity contribution is 0.0450. The second-order valence-electron chi connectivity index (χ2n) is 1.02. The lowest BCUT2D eigenvalue weighted by atomic mass is 10.4. The maximum Gasteiger partial charge on any atom is 0.407 e. The molecule has 4 N–H and O–H groups in total. The Morgan fingerprint density at radius 3 is 1.38 bits per heavy atom. The number of hydrogen-bond donors (Lipinski definition) is 4. The average molecular weight is 138 g/mol. The van der Waals surface area contributed by atoms with Crippen LogP contribution >= 0.6 is 0 Å². The molecular formula is C3H11AlO4. The van der Waals surface area contributed by atoms with E-state index >= 15 is 0 Å². The van der Waals surface area contributed by atoms with Crippen LogP contribution in [0.3, 0.4) is 0 Å². The Morgan fingerprint density at radius 1 is 1.12 bits per heavy atom. The molecule has 0 aliphatic rings. The molecule has 5 heteroatoms. The molecule has 0 atom stereocenters. The standard InChI is InChI=1S/C3H8O3.Al.H2O.2H/c4-1-3(6)2-5;;;;/h3-6H,1-2H2;;1H2;;/q;+1;;;/p-1. The zero-order valence-corrected chi connectivity index (χ0v) is 6.78. The second kappa shape index (κ2) is 10.4. The molecule has 0 saturated heterocycles. The van der Waals surface area contributed by atoms with Crippen LogP contribution in [0.2, 0.25) is 0 Å². The van der Waals surface area contributed by atoms with Gasteiger partial charge in [0, 0.05) is 0 Å². The van der Waals surface area contributed by atoms with Crippen molar-refractivity contribution in [2.45, 2.75) is 6.10 Å². The summed E-state index contributed by atoms with van der Waals surface area (Å²) in [4.78, 5) is 0. The molecule has 0 unspecified atom stereocenters. The molecule has 0 spiro atoms. The van der Waals surface area contributed by atoms with E-state index in [9.17, 15) is 0 Å². The fraction of sp³-hybridized carbons (Fsp3) is 1.00. The first-order valence-corrected chi connectivity index (χ1v) is 3.05. The molecule has 0 aromatic carbocycles. The van der Waals surface area contributed by atoms with E-state index < -0.39 is 6.10 Å². The summed E-state index contributed by atoms with van der Waals surface area (Å²) < 4.78 is 7.14. The maximum atomic E-state index is 8.17. The highest BCUT2D eigenvalue weighted by Crippen LogP contribution is 1.71. The number of aliphatic hydroxyl groups is 3. The third-order valence-corrected chi connectivity index (χ3v) is 0.421. The molecule has 0 heterocycles. The van der Waals surface area contributed by atoms with Gasteiger partial charge in [-0.3, -0.25) is 0 Å². The summed E-state index contributed by atoms with van der Waals surface area (Å²) in [5.41, 5.74) is 0. The molecule has 4 nitrogen and oxygen atoms in total.